The summed E-state index contributed by atoms with van der Waals surface area (Å²) < 4.78 is 0. The first-order chi connectivity index (χ1) is 8.97. The van der Waals surface area contributed by atoms with Crippen LogP contribution < -0.4 is 5.73 Å². The third-order valence-electron chi connectivity index (χ3n) is 4.42. The van der Waals surface area contributed by atoms with Crippen molar-refractivity contribution in [1.29, 1.82) is 5.41 Å². The van der Waals surface area contributed by atoms with Crippen molar-refractivity contribution in [3.05, 3.63) is 0 Å². The standard InChI is InChI=1S/C15H31N3O/c1-15(2,14(16)17)9-3-4-10-18-11-5-7-13(18)8-6-12-19/h13,19H,3-12H2,1-2H3,(H3,16,17). The fraction of sp³-hybridized carbons (Fsp3) is 0.933. The third kappa shape index (κ3) is 5.49. The first kappa shape index (κ1) is 16.4. The number of hydrogen-bond donors (Lipinski definition) is 3. The normalized spacial score (nSPS) is 20.9. The van der Waals surface area contributed by atoms with Gasteiger partial charge in [-0.25, -0.2) is 0 Å². The molecule has 1 rings (SSSR count). The smallest absolute Gasteiger partial charge is 0.0963 e. The maximum absolute atomic E-state index is 8.92. The van der Waals surface area contributed by atoms with E-state index >= 15 is 0 Å². The van der Waals surface area contributed by atoms with Gasteiger partial charge in [-0.3, -0.25) is 5.41 Å². The maximum Gasteiger partial charge on any atom is 0.0963 e. The lowest BCUT2D eigenvalue weighted by Gasteiger charge is -2.26. The quantitative estimate of drug-likeness (QED) is 0.342. The molecular weight excluding hydrogens is 238 g/mol. The average Bonchev–Trinajstić information content (AvgIpc) is 2.79. The van der Waals surface area contributed by atoms with E-state index in [-0.39, 0.29) is 5.41 Å². The number of aliphatic hydroxyl groups excluding tert-OH is 1. The zero-order chi connectivity index (χ0) is 14.3. The van der Waals surface area contributed by atoms with Crippen LogP contribution in [0.1, 0.15) is 58.8 Å². The molecule has 0 aliphatic carbocycles. The van der Waals surface area contributed by atoms with E-state index < -0.39 is 0 Å². The maximum atomic E-state index is 8.92. The average molecular weight is 269 g/mol. The van der Waals surface area contributed by atoms with Crippen molar-refractivity contribution in [2.45, 2.75) is 64.8 Å². The largest absolute Gasteiger partial charge is 0.396 e. The summed E-state index contributed by atoms with van der Waals surface area (Å²) >= 11 is 0. The molecule has 4 heteroatoms. The van der Waals surface area contributed by atoms with Crippen molar-refractivity contribution < 1.29 is 5.11 Å². The Kier molecular flexibility index (Phi) is 6.80. The van der Waals surface area contributed by atoms with Gasteiger partial charge in [-0.05, 0) is 51.6 Å². The van der Waals surface area contributed by atoms with Crippen LogP contribution in [0.25, 0.3) is 0 Å². The number of unbranched alkanes of at least 4 members (excludes halogenated alkanes) is 1. The van der Waals surface area contributed by atoms with Crippen molar-refractivity contribution in [2.24, 2.45) is 11.1 Å². The predicted molar refractivity (Wildman–Crippen MR) is 80.5 cm³/mol. The molecule has 1 saturated heterocycles. The number of likely N-dealkylation sites (tertiary alicyclic amines) is 1. The van der Waals surface area contributed by atoms with Gasteiger partial charge in [0, 0.05) is 18.1 Å². The highest BCUT2D eigenvalue weighted by Crippen LogP contribution is 2.25. The van der Waals surface area contributed by atoms with Crippen molar-refractivity contribution in [3.63, 3.8) is 0 Å². The molecule has 4 N–H and O–H groups in total. The predicted octanol–water partition coefficient (Wildman–Crippen LogP) is 2.36. The number of nitrogens with zero attached hydrogens (tertiary/aromatic N) is 1. The molecule has 4 nitrogen and oxygen atoms in total. The van der Waals surface area contributed by atoms with E-state index in [4.69, 9.17) is 16.2 Å². The number of rotatable bonds is 9. The van der Waals surface area contributed by atoms with Gasteiger partial charge in [0.15, 0.2) is 0 Å². The summed E-state index contributed by atoms with van der Waals surface area (Å²) in [5, 5.41) is 16.5. The molecular formula is C15H31N3O. The van der Waals surface area contributed by atoms with Crippen LogP contribution in [0, 0.1) is 10.8 Å². The SMILES string of the molecule is CC(C)(CCCCN1CCCC1CCCO)C(=N)N. The summed E-state index contributed by atoms with van der Waals surface area (Å²) in [7, 11) is 0. The summed E-state index contributed by atoms with van der Waals surface area (Å²) in [5.41, 5.74) is 5.45. The molecule has 0 aromatic rings. The lowest BCUT2D eigenvalue weighted by molar-refractivity contribution is 0.211. The van der Waals surface area contributed by atoms with Gasteiger partial charge >= 0.3 is 0 Å². The lowest BCUT2D eigenvalue weighted by atomic mass is 9.86. The minimum absolute atomic E-state index is 0.151. The van der Waals surface area contributed by atoms with Gasteiger partial charge < -0.3 is 15.7 Å². The summed E-state index contributed by atoms with van der Waals surface area (Å²) in [6.45, 7) is 6.79. The van der Waals surface area contributed by atoms with Gasteiger partial charge in [0.2, 0.25) is 0 Å². The van der Waals surface area contributed by atoms with Crippen LogP contribution in [0.2, 0.25) is 0 Å². The number of hydrogen-bond acceptors (Lipinski definition) is 3. The first-order valence-electron chi connectivity index (χ1n) is 7.67. The molecule has 1 atom stereocenters. The Morgan fingerprint density at radius 3 is 2.74 bits per heavy atom. The zero-order valence-corrected chi connectivity index (χ0v) is 12.6. The molecule has 0 spiro atoms. The van der Waals surface area contributed by atoms with Crippen LogP contribution in [-0.4, -0.2) is 41.6 Å². The molecule has 0 saturated carbocycles. The van der Waals surface area contributed by atoms with Gasteiger partial charge in [0.05, 0.1) is 5.84 Å². The Hall–Kier alpha value is -0.610. The molecule has 1 unspecified atom stereocenters. The topological polar surface area (TPSA) is 73.3 Å². The second-order valence-electron chi connectivity index (χ2n) is 6.45. The highest BCUT2D eigenvalue weighted by Gasteiger charge is 2.24. The number of aliphatic hydroxyl groups is 1. The molecule has 1 fully saturated rings. The van der Waals surface area contributed by atoms with E-state index in [0.29, 0.717) is 18.5 Å². The van der Waals surface area contributed by atoms with Gasteiger partial charge in [0.25, 0.3) is 0 Å². The van der Waals surface area contributed by atoms with Crippen LogP contribution in [0.15, 0.2) is 0 Å². The highest BCUT2D eigenvalue weighted by molar-refractivity contribution is 5.82. The molecule has 19 heavy (non-hydrogen) atoms. The van der Waals surface area contributed by atoms with Gasteiger partial charge in [-0.15, -0.1) is 0 Å². The van der Waals surface area contributed by atoms with E-state index in [1.165, 1.54) is 25.8 Å². The number of amidine groups is 1. The third-order valence-corrected chi connectivity index (χ3v) is 4.42. The molecule has 1 aliphatic heterocycles. The summed E-state index contributed by atoms with van der Waals surface area (Å²) in [4.78, 5) is 2.58. The van der Waals surface area contributed by atoms with Crippen LogP contribution in [0.5, 0.6) is 0 Å². The summed E-state index contributed by atoms with van der Waals surface area (Å²) in [6, 6.07) is 0.688. The lowest BCUT2D eigenvalue weighted by Crippen LogP contribution is -2.32. The van der Waals surface area contributed by atoms with Crippen molar-refractivity contribution in [1.82, 2.24) is 4.90 Å². The molecule has 0 aromatic carbocycles. The van der Waals surface area contributed by atoms with E-state index in [1.54, 1.807) is 0 Å². The van der Waals surface area contributed by atoms with Crippen LogP contribution >= 0.6 is 0 Å². The highest BCUT2D eigenvalue weighted by atomic mass is 16.2. The minimum Gasteiger partial charge on any atom is -0.396 e. The molecule has 0 amide bonds. The second kappa shape index (κ2) is 7.85. The summed E-state index contributed by atoms with van der Waals surface area (Å²) in [6.07, 6.45) is 7.97. The van der Waals surface area contributed by atoms with Gasteiger partial charge in [-0.2, -0.15) is 0 Å². The monoisotopic (exact) mass is 269 g/mol. The molecule has 0 bridgehead atoms. The summed E-state index contributed by atoms with van der Waals surface area (Å²) in [5.74, 6) is 0.300. The van der Waals surface area contributed by atoms with Crippen molar-refractivity contribution in [3.8, 4) is 0 Å². The molecule has 0 aromatic heterocycles. The Bertz CT molecular complexity index is 279. The molecule has 0 radical (unpaired) electrons. The second-order valence-corrected chi connectivity index (χ2v) is 6.45. The van der Waals surface area contributed by atoms with Crippen LogP contribution in [0.3, 0.4) is 0 Å². The number of nitrogens with one attached hydrogen (secondary N) is 1. The van der Waals surface area contributed by atoms with Crippen molar-refractivity contribution >= 4 is 5.84 Å². The Labute approximate surface area is 117 Å². The van der Waals surface area contributed by atoms with Crippen LogP contribution in [0.4, 0.5) is 0 Å². The number of nitrogens with two attached hydrogens (primary N) is 1. The van der Waals surface area contributed by atoms with Gasteiger partial charge in [0.1, 0.15) is 0 Å². The fourth-order valence-electron chi connectivity index (χ4n) is 2.86. The van der Waals surface area contributed by atoms with E-state index in [2.05, 4.69) is 18.7 Å². The Balaban J connectivity index is 2.19. The Morgan fingerprint density at radius 1 is 1.37 bits per heavy atom. The molecule has 1 aliphatic rings. The van der Waals surface area contributed by atoms with E-state index in [9.17, 15) is 0 Å². The zero-order valence-electron chi connectivity index (χ0n) is 12.6. The van der Waals surface area contributed by atoms with Gasteiger partial charge in [-0.1, -0.05) is 20.3 Å². The molecule has 112 valence electrons. The fourth-order valence-corrected chi connectivity index (χ4v) is 2.86. The molecule has 1 heterocycles. The van der Waals surface area contributed by atoms with E-state index in [1.807, 2.05) is 0 Å². The Morgan fingerprint density at radius 2 is 2.11 bits per heavy atom. The minimum atomic E-state index is -0.151. The van der Waals surface area contributed by atoms with Crippen molar-refractivity contribution in [2.75, 3.05) is 19.7 Å². The van der Waals surface area contributed by atoms with E-state index in [0.717, 1.165) is 32.2 Å². The van der Waals surface area contributed by atoms with Crippen LogP contribution in [-0.2, 0) is 0 Å². The first-order valence-corrected chi connectivity index (χ1v) is 7.67.